The molecule has 1 amide bonds. The largest absolute Gasteiger partial charge is 0.382 e. The third-order valence-electron chi connectivity index (χ3n) is 4.09. The van der Waals surface area contributed by atoms with Crippen LogP contribution in [-0.2, 0) is 9.53 Å². The van der Waals surface area contributed by atoms with Crippen LogP contribution in [0.1, 0.15) is 60.2 Å². The fraction of sp³-hybridized carbons (Fsp3) is 0.941. The maximum Gasteiger partial charge on any atom is 0.225 e. The molecule has 1 aliphatic heterocycles. The number of hydrogen-bond donors (Lipinski definition) is 1. The average molecular weight is 300 g/mol. The molecule has 0 spiro atoms. The summed E-state index contributed by atoms with van der Waals surface area (Å²) in [7, 11) is 0. The van der Waals surface area contributed by atoms with Crippen LogP contribution in [0, 0.1) is 5.92 Å². The zero-order valence-electron chi connectivity index (χ0n) is 14.0. The van der Waals surface area contributed by atoms with E-state index in [2.05, 4.69) is 17.1 Å². The van der Waals surface area contributed by atoms with E-state index in [1.165, 1.54) is 38.5 Å². The first-order valence-electron chi connectivity index (χ1n) is 8.85. The first-order valence-corrected chi connectivity index (χ1v) is 8.85. The van der Waals surface area contributed by atoms with Crippen molar-refractivity contribution < 1.29 is 11.0 Å². The molecule has 0 radical (unpaired) electrons. The van der Waals surface area contributed by atoms with E-state index in [0.29, 0.717) is 0 Å². The number of amides is 1. The summed E-state index contributed by atoms with van der Waals surface area (Å²) in [6, 6.07) is 0. The van der Waals surface area contributed by atoms with Gasteiger partial charge in [-0.15, -0.1) is 0 Å². The first kappa shape index (κ1) is 18.4. The molecule has 0 saturated carbocycles. The van der Waals surface area contributed by atoms with E-state index < -0.39 is 0 Å². The molecule has 1 fully saturated rings. The maximum absolute atomic E-state index is 11.9. The minimum absolute atomic E-state index is 0. The van der Waals surface area contributed by atoms with Crippen molar-refractivity contribution >= 4 is 5.91 Å². The van der Waals surface area contributed by atoms with Crippen LogP contribution >= 0.6 is 0 Å². The molecular formula is C17H36N2O2. The summed E-state index contributed by atoms with van der Waals surface area (Å²) in [5.74, 6) is 0.509. The molecule has 1 aliphatic rings. The maximum atomic E-state index is 11.9. The van der Waals surface area contributed by atoms with Crippen LogP contribution in [0.3, 0.4) is 0 Å². The number of carbonyl (C=O) groups excluding carboxylic acids is 1. The smallest absolute Gasteiger partial charge is 0.225 e. The molecule has 0 unspecified atom stereocenters. The SMILES string of the molecule is CCCN1CC(C(=O)NCCCCCCCCOCC)C1.[HH]. The molecule has 4 heteroatoms. The number of hydrogen-bond acceptors (Lipinski definition) is 3. The second kappa shape index (κ2) is 12.0. The van der Waals surface area contributed by atoms with Crippen LogP contribution in [0.4, 0.5) is 0 Å². The molecule has 0 aromatic heterocycles. The normalized spacial score (nSPS) is 15.9. The number of unbranched alkanes of at least 4 members (excludes halogenated alkanes) is 5. The summed E-state index contributed by atoms with van der Waals surface area (Å²) in [6.45, 7) is 9.86. The highest BCUT2D eigenvalue weighted by Crippen LogP contribution is 2.15. The van der Waals surface area contributed by atoms with Crippen molar-refractivity contribution in [3.63, 3.8) is 0 Å². The minimum Gasteiger partial charge on any atom is -0.382 e. The molecule has 1 saturated heterocycles. The standard InChI is InChI=1S/C17H34N2O2.H2/c1-3-12-19-14-16(15-19)17(20)18-11-9-7-5-6-8-10-13-21-4-2;/h16H,3-15H2,1-2H3,(H,18,20);1H. The van der Waals surface area contributed by atoms with Crippen molar-refractivity contribution in [2.24, 2.45) is 5.92 Å². The highest BCUT2D eigenvalue weighted by molar-refractivity contribution is 5.79. The molecule has 126 valence electrons. The van der Waals surface area contributed by atoms with Gasteiger partial charge in [0.1, 0.15) is 0 Å². The molecular weight excluding hydrogens is 264 g/mol. The summed E-state index contributed by atoms with van der Waals surface area (Å²) in [5, 5.41) is 3.08. The second-order valence-corrected chi connectivity index (χ2v) is 6.07. The number of likely N-dealkylation sites (tertiary alicyclic amines) is 1. The quantitative estimate of drug-likeness (QED) is 0.532. The van der Waals surface area contributed by atoms with Crippen LogP contribution in [-0.4, -0.2) is 50.2 Å². The van der Waals surface area contributed by atoms with E-state index in [1.54, 1.807) is 0 Å². The lowest BCUT2D eigenvalue weighted by molar-refractivity contribution is -0.130. The molecule has 1 rings (SSSR count). The molecule has 21 heavy (non-hydrogen) atoms. The number of nitrogens with zero attached hydrogens (tertiary/aromatic N) is 1. The van der Waals surface area contributed by atoms with E-state index in [-0.39, 0.29) is 13.3 Å². The fourth-order valence-corrected chi connectivity index (χ4v) is 2.77. The van der Waals surface area contributed by atoms with Gasteiger partial charge in [-0.1, -0.05) is 32.6 Å². The number of carbonyl (C=O) groups is 1. The van der Waals surface area contributed by atoms with Gasteiger partial charge in [0.2, 0.25) is 5.91 Å². The Morgan fingerprint density at radius 2 is 1.81 bits per heavy atom. The van der Waals surface area contributed by atoms with Gasteiger partial charge < -0.3 is 15.0 Å². The number of nitrogens with one attached hydrogen (secondary N) is 1. The van der Waals surface area contributed by atoms with Crippen molar-refractivity contribution in [2.45, 2.75) is 58.8 Å². The highest BCUT2D eigenvalue weighted by atomic mass is 16.5. The average Bonchev–Trinajstić information content (AvgIpc) is 2.44. The zero-order chi connectivity index (χ0) is 15.3. The van der Waals surface area contributed by atoms with E-state index >= 15 is 0 Å². The van der Waals surface area contributed by atoms with Gasteiger partial charge in [0.15, 0.2) is 0 Å². The Morgan fingerprint density at radius 1 is 1.14 bits per heavy atom. The molecule has 0 atom stereocenters. The van der Waals surface area contributed by atoms with E-state index in [1.807, 2.05) is 6.92 Å². The Hall–Kier alpha value is -0.610. The summed E-state index contributed by atoms with van der Waals surface area (Å²) >= 11 is 0. The Bertz CT molecular complexity index is 271. The molecule has 4 nitrogen and oxygen atoms in total. The lowest BCUT2D eigenvalue weighted by Crippen LogP contribution is -2.53. The Labute approximate surface area is 132 Å². The van der Waals surface area contributed by atoms with Crippen molar-refractivity contribution in [1.82, 2.24) is 10.2 Å². The van der Waals surface area contributed by atoms with Crippen molar-refractivity contribution in [3.05, 3.63) is 0 Å². The van der Waals surface area contributed by atoms with Gasteiger partial charge in [0.05, 0.1) is 5.92 Å². The van der Waals surface area contributed by atoms with Crippen LogP contribution in [0.5, 0.6) is 0 Å². The van der Waals surface area contributed by atoms with Crippen LogP contribution in [0.2, 0.25) is 0 Å². The number of ether oxygens (including phenoxy) is 1. The summed E-state index contributed by atoms with van der Waals surface area (Å²) < 4.78 is 5.32. The fourth-order valence-electron chi connectivity index (χ4n) is 2.77. The van der Waals surface area contributed by atoms with E-state index in [0.717, 1.165) is 45.8 Å². The molecule has 0 aromatic carbocycles. The lowest BCUT2D eigenvalue weighted by atomic mass is 9.99. The molecule has 0 bridgehead atoms. The topological polar surface area (TPSA) is 41.6 Å². The Balaban J connectivity index is 0.00000441. The summed E-state index contributed by atoms with van der Waals surface area (Å²) in [5.41, 5.74) is 0. The molecule has 0 aliphatic carbocycles. The first-order chi connectivity index (χ1) is 10.3. The van der Waals surface area contributed by atoms with Gasteiger partial charge in [-0.3, -0.25) is 4.79 Å². The van der Waals surface area contributed by atoms with Crippen LogP contribution in [0.25, 0.3) is 0 Å². The summed E-state index contributed by atoms with van der Waals surface area (Å²) in [4.78, 5) is 14.2. The van der Waals surface area contributed by atoms with Crippen LogP contribution in [0.15, 0.2) is 0 Å². The number of rotatable bonds is 13. The third-order valence-corrected chi connectivity index (χ3v) is 4.09. The van der Waals surface area contributed by atoms with Crippen molar-refractivity contribution in [3.8, 4) is 0 Å². The van der Waals surface area contributed by atoms with Gasteiger partial charge in [0, 0.05) is 34.3 Å². The predicted molar refractivity (Wildman–Crippen MR) is 89.5 cm³/mol. The minimum atomic E-state index is 0. The molecule has 0 aromatic rings. The Kier molecular flexibility index (Phi) is 10.5. The third kappa shape index (κ3) is 8.42. The summed E-state index contributed by atoms with van der Waals surface area (Å²) in [6.07, 6.45) is 8.52. The van der Waals surface area contributed by atoms with Crippen LogP contribution < -0.4 is 5.32 Å². The van der Waals surface area contributed by atoms with E-state index in [9.17, 15) is 4.79 Å². The van der Waals surface area contributed by atoms with Gasteiger partial charge in [-0.25, -0.2) is 0 Å². The van der Waals surface area contributed by atoms with Crippen molar-refractivity contribution in [2.75, 3.05) is 39.4 Å². The molecule has 1 N–H and O–H groups in total. The van der Waals surface area contributed by atoms with Gasteiger partial charge in [-0.05, 0) is 32.7 Å². The molecule has 1 heterocycles. The van der Waals surface area contributed by atoms with Crippen molar-refractivity contribution in [1.29, 1.82) is 0 Å². The van der Waals surface area contributed by atoms with E-state index in [4.69, 9.17) is 4.74 Å². The predicted octanol–water partition coefficient (Wildman–Crippen LogP) is 3.07. The monoisotopic (exact) mass is 300 g/mol. The Morgan fingerprint density at radius 3 is 2.48 bits per heavy atom. The second-order valence-electron chi connectivity index (χ2n) is 6.07. The zero-order valence-corrected chi connectivity index (χ0v) is 14.0. The van der Waals surface area contributed by atoms with Gasteiger partial charge in [-0.2, -0.15) is 0 Å². The van der Waals surface area contributed by atoms with Gasteiger partial charge in [0.25, 0.3) is 0 Å². The lowest BCUT2D eigenvalue weighted by Gasteiger charge is -2.38. The van der Waals surface area contributed by atoms with Gasteiger partial charge >= 0.3 is 0 Å². The highest BCUT2D eigenvalue weighted by Gasteiger charge is 2.31.